The third-order valence-corrected chi connectivity index (χ3v) is 4.23. The fraction of sp³-hybridized carbons (Fsp3) is 0.222. The van der Waals surface area contributed by atoms with Crippen molar-refractivity contribution in [3.05, 3.63) is 53.7 Å². The molecule has 4 nitrogen and oxygen atoms in total. The molecule has 4 rings (SSSR count). The molecule has 0 atom stereocenters. The van der Waals surface area contributed by atoms with Gasteiger partial charge in [0.15, 0.2) is 5.65 Å². The van der Waals surface area contributed by atoms with Crippen LogP contribution in [0.25, 0.3) is 22.2 Å². The monoisotopic (exact) mass is 325 g/mol. The number of hydrogen-bond donors (Lipinski definition) is 0. The van der Waals surface area contributed by atoms with Crippen LogP contribution in [0.5, 0.6) is 0 Å². The predicted octanol–water partition coefficient (Wildman–Crippen LogP) is 3.79. The zero-order valence-corrected chi connectivity index (χ0v) is 13.3. The lowest BCUT2D eigenvalue weighted by Gasteiger charge is -2.29. The van der Waals surface area contributed by atoms with Gasteiger partial charge in [0.25, 0.3) is 0 Å². The second kappa shape index (κ2) is 6.14. The van der Waals surface area contributed by atoms with Crippen LogP contribution in [0.15, 0.2) is 48.5 Å². The number of hydrogen-bond acceptors (Lipinski definition) is 4. The molecule has 0 radical (unpaired) electrons. The van der Waals surface area contributed by atoms with Crippen molar-refractivity contribution >= 4 is 28.5 Å². The van der Waals surface area contributed by atoms with Crippen molar-refractivity contribution in [2.75, 3.05) is 31.2 Å². The number of rotatable bonds is 2. The maximum absolute atomic E-state index is 6.03. The van der Waals surface area contributed by atoms with Gasteiger partial charge in [-0.25, -0.2) is 9.97 Å². The van der Waals surface area contributed by atoms with E-state index in [0.717, 1.165) is 48.6 Å². The van der Waals surface area contributed by atoms with Crippen LogP contribution in [0, 0.1) is 0 Å². The Balaban J connectivity index is 1.92. The highest BCUT2D eigenvalue weighted by Gasteiger charge is 2.18. The molecule has 1 aliphatic rings. The quantitative estimate of drug-likeness (QED) is 0.672. The second-order valence-corrected chi connectivity index (χ2v) is 5.89. The molecule has 5 heteroatoms. The third-order valence-electron chi connectivity index (χ3n) is 4.02. The Labute approximate surface area is 139 Å². The zero-order chi connectivity index (χ0) is 15.6. The Morgan fingerprint density at radius 2 is 1.74 bits per heavy atom. The van der Waals surface area contributed by atoms with Crippen molar-refractivity contribution in [3.63, 3.8) is 0 Å². The van der Waals surface area contributed by atoms with Gasteiger partial charge < -0.3 is 9.64 Å². The summed E-state index contributed by atoms with van der Waals surface area (Å²) in [5, 5.41) is 1.45. The highest BCUT2D eigenvalue weighted by atomic mass is 35.5. The first-order chi connectivity index (χ1) is 11.3. The number of ether oxygens (including phenoxy) is 1. The number of nitrogens with zero attached hydrogens (tertiary/aromatic N) is 3. The van der Waals surface area contributed by atoms with E-state index in [1.54, 1.807) is 6.07 Å². The minimum Gasteiger partial charge on any atom is -0.378 e. The molecule has 0 bridgehead atoms. The van der Waals surface area contributed by atoms with Gasteiger partial charge in [0.1, 0.15) is 11.0 Å². The molecule has 1 aromatic carbocycles. The normalized spacial score (nSPS) is 15.1. The standard InChI is InChI=1S/C18H16ClN3O/c19-16-7-6-14-12-15(13-4-2-1-3-5-13)18(21-17(14)20-16)22-8-10-23-11-9-22/h1-7,12H,8-11H2. The van der Waals surface area contributed by atoms with Gasteiger partial charge in [-0.05, 0) is 23.8 Å². The van der Waals surface area contributed by atoms with Gasteiger partial charge in [0.2, 0.25) is 0 Å². The lowest BCUT2D eigenvalue weighted by molar-refractivity contribution is 0.122. The van der Waals surface area contributed by atoms with E-state index in [-0.39, 0.29) is 0 Å². The van der Waals surface area contributed by atoms with E-state index >= 15 is 0 Å². The lowest BCUT2D eigenvalue weighted by atomic mass is 10.0. The van der Waals surface area contributed by atoms with E-state index in [2.05, 4.69) is 28.1 Å². The van der Waals surface area contributed by atoms with Crippen molar-refractivity contribution in [2.45, 2.75) is 0 Å². The molecule has 0 aliphatic carbocycles. The van der Waals surface area contributed by atoms with Gasteiger partial charge in [-0.1, -0.05) is 41.9 Å². The van der Waals surface area contributed by atoms with Crippen LogP contribution < -0.4 is 4.90 Å². The first kappa shape index (κ1) is 14.4. The largest absolute Gasteiger partial charge is 0.378 e. The van der Waals surface area contributed by atoms with E-state index < -0.39 is 0 Å². The van der Waals surface area contributed by atoms with Gasteiger partial charge in [-0.15, -0.1) is 0 Å². The predicted molar refractivity (Wildman–Crippen MR) is 93.0 cm³/mol. The molecular formula is C18H16ClN3O. The molecule has 0 amide bonds. The number of pyridine rings is 2. The molecule has 1 fully saturated rings. The summed E-state index contributed by atoms with van der Waals surface area (Å²) in [6, 6.07) is 16.2. The van der Waals surface area contributed by atoms with Crippen LogP contribution in [0.4, 0.5) is 5.82 Å². The summed E-state index contributed by atoms with van der Waals surface area (Å²) < 4.78 is 5.47. The SMILES string of the molecule is Clc1ccc2cc(-c3ccccc3)c(N3CCOCC3)nc2n1. The number of anilines is 1. The summed E-state index contributed by atoms with van der Waals surface area (Å²) in [7, 11) is 0. The van der Waals surface area contributed by atoms with Gasteiger partial charge in [0, 0.05) is 24.0 Å². The summed E-state index contributed by atoms with van der Waals surface area (Å²) in [6.45, 7) is 3.10. The summed E-state index contributed by atoms with van der Waals surface area (Å²) in [6.07, 6.45) is 0. The maximum Gasteiger partial charge on any atom is 0.163 e. The molecule has 0 unspecified atom stereocenters. The van der Waals surface area contributed by atoms with Crippen molar-refractivity contribution in [2.24, 2.45) is 0 Å². The number of benzene rings is 1. The van der Waals surface area contributed by atoms with Gasteiger partial charge in [-0.3, -0.25) is 0 Å². The second-order valence-electron chi connectivity index (χ2n) is 5.51. The molecule has 1 aliphatic heterocycles. The molecule has 3 aromatic rings. The molecule has 3 heterocycles. The number of halogens is 1. The molecular weight excluding hydrogens is 310 g/mol. The molecule has 116 valence electrons. The van der Waals surface area contributed by atoms with E-state index in [4.69, 9.17) is 21.3 Å². The van der Waals surface area contributed by atoms with Gasteiger partial charge >= 0.3 is 0 Å². The smallest absolute Gasteiger partial charge is 0.163 e. The van der Waals surface area contributed by atoms with Crippen LogP contribution in [0.2, 0.25) is 5.15 Å². The van der Waals surface area contributed by atoms with Crippen LogP contribution in [-0.4, -0.2) is 36.3 Å². The minimum atomic E-state index is 0.463. The molecule has 0 spiro atoms. The Bertz CT molecular complexity index is 832. The van der Waals surface area contributed by atoms with Gasteiger partial charge in [0.05, 0.1) is 13.2 Å². The van der Waals surface area contributed by atoms with Crippen molar-refractivity contribution in [1.82, 2.24) is 9.97 Å². The van der Waals surface area contributed by atoms with Crippen LogP contribution in [0.3, 0.4) is 0 Å². The van der Waals surface area contributed by atoms with E-state index in [9.17, 15) is 0 Å². The fourth-order valence-electron chi connectivity index (χ4n) is 2.87. The lowest BCUT2D eigenvalue weighted by Crippen LogP contribution is -2.37. The number of fused-ring (bicyclic) bond motifs is 1. The summed E-state index contributed by atoms with van der Waals surface area (Å²) in [4.78, 5) is 11.4. The van der Waals surface area contributed by atoms with Crippen molar-refractivity contribution in [1.29, 1.82) is 0 Å². The summed E-state index contributed by atoms with van der Waals surface area (Å²) in [5.41, 5.74) is 2.95. The average Bonchev–Trinajstić information content (AvgIpc) is 2.62. The Morgan fingerprint density at radius 3 is 2.52 bits per heavy atom. The minimum absolute atomic E-state index is 0.463. The highest BCUT2D eigenvalue weighted by Crippen LogP contribution is 2.32. The topological polar surface area (TPSA) is 38.2 Å². The Hall–Kier alpha value is -2.17. The molecule has 1 saturated heterocycles. The van der Waals surface area contributed by atoms with Crippen LogP contribution >= 0.6 is 11.6 Å². The maximum atomic E-state index is 6.03. The Morgan fingerprint density at radius 1 is 0.957 bits per heavy atom. The molecule has 0 N–H and O–H groups in total. The van der Waals surface area contributed by atoms with E-state index in [1.807, 2.05) is 24.3 Å². The number of morpholine rings is 1. The van der Waals surface area contributed by atoms with Crippen molar-refractivity contribution in [3.8, 4) is 11.1 Å². The fourth-order valence-corrected chi connectivity index (χ4v) is 3.01. The Kier molecular flexibility index (Phi) is 3.85. The average molecular weight is 326 g/mol. The first-order valence-electron chi connectivity index (χ1n) is 7.67. The number of aromatic nitrogens is 2. The summed E-state index contributed by atoms with van der Waals surface area (Å²) >= 11 is 6.03. The zero-order valence-electron chi connectivity index (χ0n) is 12.6. The van der Waals surface area contributed by atoms with Crippen LogP contribution in [0.1, 0.15) is 0 Å². The molecule has 2 aromatic heterocycles. The summed E-state index contributed by atoms with van der Waals surface area (Å²) in [5.74, 6) is 0.946. The van der Waals surface area contributed by atoms with E-state index in [0.29, 0.717) is 10.8 Å². The van der Waals surface area contributed by atoms with Gasteiger partial charge in [-0.2, -0.15) is 0 Å². The molecule has 23 heavy (non-hydrogen) atoms. The van der Waals surface area contributed by atoms with E-state index in [1.165, 1.54) is 0 Å². The molecule has 0 saturated carbocycles. The first-order valence-corrected chi connectivity index (χ1v) is 8.04. The van der Waals surface area contributed by atoms with Crippen LogP contribution in [-0.2, 0) is 4.74 Å². The highest BCUT2D eigenvalue weighted by molar-refractivity contribution is 6.29. The third kappa shape index (κ3) is 2.87. The van der Waals surface area contributed by atoms with Crippen molar-refractivity contribution < 1.29 is 4.74 Å².